The van der Waals surface area contributed by atoms with E-state index in [2.05, 4.69) is 10.3 Å². The normalized spacial score (nSPS) is 20.3. The lowest BCUT2D eigenvalue weighted by molar-refractivity contribution is -0.113. The molecule has 1 aromatic heterocycles. The Morgan fingerprint density at radius 1 is 1.52 bits per heavy atom. The number of carboxylic acid groups (broad SMARTS) is 1. The van der Waals surface area contributed by atoms with Gasteiger partial charge >= 0.3 is 5.97 Å². The molecule has 0 aliphatic carbocycles. The number of hydrogen-bond donors (Lipinski definition) is 3. The topological polar surface area (TPSA) is 116 Å². The van der Waals surface area contributed by atoms with Crippen LogP contribution in [0.1, 0.15) is 22.6 Å². The minimum absolute atomic E-state index is 0.0608. The van der Waals surface area contributed by atoms with E-state index in [9.17, 15) is 18.0 Å². The van der Waals surface area contributed by atoms with E-state index in [-0.39, 0.29) is 39.8 Å². The van der Waals surface area contributed by atoms with Gasteiger partial charge < -0.3 is 15.4 Å². The summed E-state index contributed by atoms with van der Waals surface area (Å²) in [5.41, 5.74) is 0.802. The van der Waals surface area contributed by atoms with Gasteiger partial charge in [0.1, 0.15) is 5.69 Å². The number of hydrogen-bond acceptors (Lipinski definition) is 5. The zero-order valence-corrected chi connectivity index (χ0v) is 13.0. The van der Waals surface area contributed by atoms with E-state index in [1.54, 1.807) is 13.0 Å². The molecule has 1 amide bonds. The Labute approximate surface area is 126 Å². The molecular weight excluding hydrogens is 316 g/mol. The van der Waals surface area contributed by atoms with Crippen LogP contribution in [0.2, 0.25) is 0 Å². The molecule has 2 rings (SSSR count). The molecule has 1 aliphatic heterocycles. The lowest BCUT2D eigenvalue weighted by atomic mass is 10.3. The fraction of sp³-hybridized carbons (Fsp3) is 0.500. The molecule has 116 valence electrons. The van der Waals surface area contributed by atoms with Crippen molar-refractivity contribution in [1.29, 1.82) is 0 Å². The van der Waals surface area contributed by atoms with Crippen molar-refractivity contribution in [2.45, 2.75) is 18.6 Å². The highest BCUT2D eigenvalue weighted by Crippen LogP contribution is 2.24. The molecule has 1 saturated heterocycles. The summed E-state index contributed by atoms with van der Waals surface area (Å²) >= 11 is 1.29. The largest absolute Gasteiger partial charge is 0.477 e. The van der Waals surface area contributed by atoms with Gasteiger partial charge in [-0.15, -0.1) is 11.8 Å². The van der Waals surface area contributed by atoms with Gasteiger partial charge in [-0.2, -0.15) is 0 Å². The van der Waals surface area contributed by atoms with Crippen molar-refractivity contribution < 1.29 is 23.1 Å². The number of sulfone groups is 1. The lowest BCUT2D eigenvalue weighted by Gasteiger charge is -2.08. The van der Waals surface area contributed by atoms with Crippen molar-refractivity contribution in [3.05, 3.63) is 17.5 Å². The second kappa shape index (κ2) is 6.10. The Morgan fingerprint density at radius 2 is 2.24 bits per heavy atom. The van der Waals surface area contributed by atoms with Crippen LogP contribution < -0.4 is 5.32 Å². The maximum Gasteiger partial charge on any atom is 0.354 e. The number of carboxylic acids is 1. The molecule has 0 bridgehead atoms. The summed E-state index contributed by atoms with van der Waals surface area (Å²) < 4.78 is 22.6. The van der Waals surface area contributed by atoms with Crippen LogP contribution >= 0.6 is 11.8 Å². The van der Waals surface area contributed by atoms with Gasteiger partial charge in [-0.1, -0.05) is 0 Å². The van der Waals surface area contributed by atoms with E-state index < -0.39 is 15.8 Å². The van der Waals surface area contributed by atoms with Crippen molar-refractivity contribution in [2.75, 3.05) is 22.6 Å². The summed E-state index contributed by atoms with van der Waals surface area (Å²) in [7, 11) is -2.95. The summed E-state index contributed by atoms with van der Waals surface area (Å²) in [5, 5.41) is 11.5. The van der Waals surface area contributed by atoms with Crippen LogP contribution in [0.4, 0.5) is 5.69 Å². The SMILES string of the molecule is Cc1cc(NC(=O)CSC2CCS(=O)(=O)C2)c(C(=O)O)[nH]1. The van der Waals surface area contributed by atoms with Crippen molar-refractivity contribution >= 4 is 39.2 Å². The number of aromatic carboxylic acids is 1. The molecule has 21 heavy (non-hydrogen) atoms. The zero-order chi connectivity index (χ0) is 15.6. The van der Waals surface area contributed by atoms with E-state index in [0.29, 0.717) is 12.1 Å². The Bertz CT molecular complexity index is 665. The van der Waals surface area contributed by atoms with Crippen molar-refractivity contribution in [2.24, 2.45) is 0 Å². The quantitative estimate of drug-likeness (QED) is 0.737. The fourth-order valence-corrected chi connectivity index (χ4v) is 5.57. The Balaban J connectivity index is 1.89. The standard InChI is InChI=1S/C12H16N2O5S2/c1-7-4-9(11(13-7)12(16)17)14-10(15)5-20-8-2-3-21(18,19)6-8/h4,8,13H,2-3,5-6H2,1H3,(H,14,15)(H,16,17). The first kappa shape index (κ1) is 15.9. The van der Waals surface area contributed by atoms with Crippen LogP contribution in [-0.2, 0) is 14.6 Å². The molecule has 1 aromatic rings. The van der Waals surface area contributed by atoms with Crippen LogP contribution in [0.5, 0.6) is 0 Å². The van der Waals surface area contributed by atoms with E-state index in [1.807, 2.05) is 0 Å². The van der Waals surface area contributed by atoms with Gasteiger partial charge in [0.2, 0.25) is 5.91 Å². The third kappa shape index (κ3) is 4.24. The Kier molecular flexibility index (Phi) is 4.62. The number of aromatic nitrogens is 1. The minimum atomic E-state index is -2.95. The molecule has 3 N–H and O–H groups in total. The third-order valence-electron chi connectivity index (χ3n) is 3.08. The van der Waals surface area contributed by atoms with Gasteiger partial charge in [0.05, 0.1) is 22.9 Å². The second-order valence-corrected chi connectivity index (χ2v) is 8.45. The summed E-state index contributed by atoms with van der Waals surface area (Å²) in [4.78, 5) is 25.5. The van der Waals surface area contributed by atoms with E-state index in [1.165, 1.54) is 11.8 Å². The first-order chi connectivity index (χ1) is 9.77. The van der Waals surface area contributed by atoms with Crippen LogP contribution in [0.25, 0.3) is 0 Å². The van der Waals surface area contributed by atoms with Crippen LogP contribution in [0, 0.1) is 6.92 Å². The van der Waals surface area contributed by atoms with Crippen molar-refractivity contribution in [1.82, 2.24) is 4.98 Å². The number of aryl methyl sites for hydroxylation is 1. The highest BCUT2D eigenvalue weighted by molar-refractivity contribution is 8.02. The minimum Gasteiger partial charge on any atom is -0.477 e. The highest BCUT2D eigenvalue weighted by atomic mass is 32.2. The number of aromatic amines is 1. The Hall–Kier alpha value is -1.48. The number of carbonyl (C=O) groups is 2. The molecule has 9 heteroatoms. The highest BCUT2D eigenvalue weighted by Gasteiger charge is 2.28. The van der Waals surface area contributed by atoms with Gasteiger partial charge in [0.25, 0.3) is 0 Å². The molecule has 0 aromatic carbocycles. The molecule has 7 nitrogen and oxygen atoms in total. The van der Waals surface area contributed by atoms with Gasteiger partial charge in [0, 0.05) is 10.9 Å². The smallest absolute Gasteiger partial charge is 0.354 e. The lowest BCUT2D eigenvalue weighted by Crippen LogP contribution is -2.18. The number of carbonyl (C=O) groups excluding carboxylic acids is 1. The molecule has 1 unspecified atom stereocenters. The predicted octanol–water partition coefficient (Wildman–Crippen LogP) is 0.880. The molecule has 0 saturated carbocycles. The molecule has 0 radical (unpaired) electrons. The molecule has 1 aliphatic rings. The van der Waals surface area contributed by atoms with Gasteiger partial charge in [-0.05, 0) is 19.4 Å². The van der Waals surface area contributed by atoms with Crippen LogP contribution in [-0.4, -0.2) is 52.9 Å². The second-order valence-electron chi connectivity index (χ2n) is 4.93. The van der Waals surface area contributed by atoms with Gasteiger partial charge in [-0.3, -0.25) is 4.79 Å². The zero-order valence-electron chi connectivity index (χ0n) is 11.4. The monoisotopic (exact) mass is 332 g/mol. The summed E-state index contributed by atoms with van der Waals surface area (Å²) in [6.45, 7) is 1.69. The molecule has 1 fully saturated rings. The van der Waals surface area contributed by atoms with Crippen LogP contribution in [0.3, 0.4) is 0 Å². The molecular formula is C12H16N2O5S2. The number of thioether (sulfide) groups is 1. The molecule has 1 atom stereocenters. The number of amides is 1. The first-order valence-corrected chi connectivity index (χ1v) is 9.18. The number of H-pyrrole nitrogens is 1. The van der Waals surface area contributed by atoms with E-state index in [0.717, 1.165) is 0 Å². The number of anilines is 1. The van der Waals surface area contributed by atoms with Gasteiger partial charge in [0.15, 0.2) is 9.84 Å². The third-order valence-corrected chi connectivity index (χ3v) is 6.36. The summed E-state index contributed by atoms with van der Waals surface area (Å²) in [6, 6.07) is 1.55. The summed E-state index contributed by atoms with van der Waals surface area (Å²) in [6.07, 6.45) is 0.559. The average Bonchev–Trinajstić information content (AvgIpc) is 2.89. The number of rotatable bonds is 5. The van der Waals surface area contributed by atoms with E-state index >= 15 is 0 Å². The van der Waals surface area contributed by atoms with E-state index in [4.69, 9.17) is 5.11 Å². The first-order valence-electron chi connectivity index (χ1n) is 6.31. The predicted molar refractivity (Wildman–Crippen MR) is 80.6 cm³/mol. The number of nitrogens with one attached hydrogen (secondary N) is 2. The maximum absolute atomic E-state index is 11.8. The van der Waals surface area contributed by atoms with Crippen molar-refractivity contribution in [3.8, 4) is 0 Å². The Morgan fingerprint density at radius 3 is 2.81 bits per heavy atom. The maximum atomic E-state index is 11.8. The molecule has 0 spiro atoms. The van der Waals surface area contributed by atoms with Crippen molar-refractivity contribution in [3.63, 3.8) is 0 Å². The fourth-order valence-electron chi connectivity index (χ4n) is 2.13. The average molecular weight is 332 g/mol. The summed E-state index contributed by atoms with van der Waals surface area (Å²) in [5.74, 6) is -1.11. The molecule has 2 heterocycles. The van der Waals surface area contributed by atoms with Crippen LogP contribution in [0.15, 0.2) is 6.07 Å². The van der Waals surface area contributed by atoms with Gasteiger partial charge in [-0.25, -0.2) is 13.2 Å².